The second-order valence-corrected chi connectivity index (χ2v) is 7.58. The number of ketones is 1. The van der Waals surface area contributed by atoms with Crippen molar-refractivity contribution < 1.29 is 14.7 Å². The van der Waals surface area contributed by atoms with Gasteiger partial charge in [-0.05, 0) is 29.2 Å². The molecule has 4 aromatic rings. The lowest BCUT2D eigenvalue weighted by Gasteiger charge is -2.09. The monoisotopic (exact) mass is 437 g/mol. The molecule has 0 radical (unpaired) electrons. The van der Waals surface area contributed by atoms with Gasteiger partial charge in [-0.2, -0.15) is 0 Å². The van der Waals surface area contributed by atoms with E-state index in [0.29, 0.717) is 24.1 Å². The summed E-state index contributed by atoms with van der Waals surface area (Å²) in [7, 11) is 0. The number of rotatable bonds is 9. The Kier molecular flexibility index (Phi) is 6.55. The Hall–Kier alpha value is -4.32. The van der Waals surface area contributed by atoms with Crippen LogP contribution in [0.2, 0.25) is 0 Å². The number of carbonyl (C=O) groups is 2. The van der Waals surface area contributed by atoms with E-state index < -0.39 is 5.97 Å². The van der Waals surface area contributed by atoms with Crippen LogP contribution in [-0.4, -0.2) is 31.6 Å². The van der Waals surface area contributed by atoms with E-state index >= 15 is 0 Å². The number of aromatic nitrogens is 3. The minimum Gasteiger partial charge on any atom is -0.478 e. The van der Waals surface area contributed by atoms with Gasteiger partial charge in [-0.3, -0.25) is 4.79 Å². The number of hydrogen-bond donors (Lipinski definition) is 1. The molecule has 0 saturated heterocycles. The third kappa shape index (κ3) is 4.96. The molecule has 0 spiro atoms. The highest BCUT2D eigenvalue weighted by Gasteiger charge is 2.18. The number of allylic oxidation sites excluding steroid dienone is 1. The summed E-state index contributed by atoms with van der Waals surface area (Å²) in [5.41, 5.74) is 3.26. The topological polar surface area (TPSA) is 85.1 Å². The average Bonchev–Trinajstić information content (AvgIpc) is 3.25. The fraction of sp³-hybridized carbons (Fsp3) is 0.111. The van der Waals surface area contributed by atoms with Crippen LogP contribution in [0.15, 0.2) is 91.5 Å². The summed E-state index contributed by atoms with van der Waals surface area (Å²) in [5.74, 6) is -0.281. The molecule has 6 heteroatoms. The van der Waals surface area contributed by atoms with Gasteiger partial charge in [-0.25, -0.2) is 14.5 Å². The van der Waals surface area contributed by atoms with Crippen LogP contribution in [0.4, 0.5) is 0 Å². The first-order valence-corrected chi connectivity index (χ1v) is 10.6. The molecule has 0 atom stereocenters. The van der Waals surface area contributed by atoms with Crippen molar-refractivity contribution in [3.8, 4) is 11.1 Å². The molecule has 1 aromatic heterocycles. The molecule has 6 nitrogen and oxygen atoms in total. The zero-order chi connectivity index (χ0) is 23.2. The van der Waals surface area contributed by atoms with Crippen molar-refractivity contribution in [1.29, 1.82) is 0 Å². The predicted molar refractivity (Wildman–Crippen MR) is 126 cm³/mol. The standard InChI is InChI=1S/C27H23N3O3/c1-2-3-13-24-28-26(25(31)21-9-5-4-6-10-21)29-30(24)18-19-14-16-20(17-15-19)22-11-7-8-12-23(22)27(32)33/h2,4-12,14-17H,1,3,13,18H2,(H,32,33). The molecule has 0 saturated carbocycles. The average molecular weight is 437 g/mol. The molecule has 0 aliphatic rings. The fourth-order valence-corrected chi connectivity index (χ4v) is 3.62. The first-order chi connectivity index (χ1) is 16.1. The quantitative estimate of drug-likeness (QED) is 0.293. The molecule has 1 N–H and O–H groups in total. The van der Waals surface area contributed by atoms with Crippen molar-refractivity contribution in [1.82, 2.24) is 14.8 Å². The molecular formula is C27H23N3O3. The lowest BCUT2D eigenvalue weighted by Crippen LogP contribution is -2.08. The summed E-state index contributed by atoms with van der Waals surface area (Å²) in [6.07, 6.45) is 3.16. The summed E-state index contributed by atoms with van der Waals surface area (Å²) in [5, 5.41) is 14.0. The Labute approximate surface area is 191 Å². The molecule has 0 amide bonds. The predicted octanol–water partition coefficient (Wildman–Crippen LogP) is 5.04. The van der Waals surface area contributed by atoms with Crippen molar-refractivity contribution in [2.75, 3.05) is 0 Å². The number of benzene rings is 3. The molecule has 33 heavy (non-hydrogen) atoms. The van der Waals surface area contributed by atoms with Crippen molar-refractivity contribution >= 4 is 11.8 Å². The zero-order valence-corrected chi connectivity index (χ0v) is 18.0. The first-order valence-electron chi connectivity index (χ1n) is 10.6. The minimum atomic E-state index is -0.959. The molecule has 0 fully saturated rings. The Morgan fingerprint density at radius 3 is 2.33 bits per heavy atom. The summed E-state index contributed by atoms with van der Waals surface area (Å²) >= 11 is 0. The zero-order valence-electron chi connectivity index (χ0n) is 18.0. The van der Waals surface area contributed by atoms with E-state index in [1.807, 2.05) is 54.6 Å². The SMILES string of the molecule is C=CCCc1nc(C(=O)c2ccccc2)nn1Cc1ccc(-c2ccccc2C(=O)O)cc1. The lowest BCUT2D eigenvalue weighted by atomic mass is 9.99. The third-order valence-corrected chi connectivity index (χ3v) is 5.31. The number of carboxylic acids is 1. The van der Waals surface area contributed by atoms with E-state index in [9.17, 15) is 14.7 Å². The largest absolute Gasteiger partial charge is 0.478 e. The van der Waals surface area contributed by atoms with Gasteiger partial charge in [0.05, 0.1) is 12.1 Å². The van der Waals surface area contributed by atoms with Gasteiger partial charge in [0.25, 0.3) is 0 Å². The number of carbonyl (C=O) groups excluding carboxylic acids is 1. The molecule has 0 aliphatic heterocycles. The van der Waals surface area contributed by atoms with Crippen LogP contribution in [0, 0.1) is 0 Å². The molecule has 0 unspecified atom stereocenters. The number of hydrogen-bond acceptors (Lipinski definition) is 4. The molecule has 1 heterocycles. The molecule has 4 rings (SSSR count). The van der Waals surface area contributed by atoms with E-state index in [2.05, 4.69) is 16.7 Å². The Morgan fingerprint density at radius 1 is 0.939 bits per heavy atom. The van der Waals surface area contributed by atoms with Crippen LogP contribution in [0.5, 0.6) is 0 Å². The van der Waals surface area contributed by atoms with Crippen LogP contribution in [-0.2, 0) is 13.0 Å². The van der Waals surface area contributed by atoms with Gasteiger partial charge in [0.15, 0.2) is 0 Å². The third-order valence-electron chi connectivity index (χ3n) is 5.31. The summed E-state index contributed by atoms with van der Waals surface area (Å²) in [6, 6.07) is 23.6. The summed E-state index contributed by atoms with van der Waals surface area (Å²) in [6.45, 7) is 4.22. The second-order valence-electron chi connectivity index (χ2n) is 7.58. The molecule has 0 bridgehead atoms. The summed E-state index contributed by atoms with van der Waals surface area (Å²) in [4.78, 5) is 28.9. The number of nitrogens with zero attached hydrogens (tertiary/aromatic N) is 3. The maximum atomic E-state index is 12.8. The van der Waals surface area contributed by atoms with Gasteiger partial charge < -0.3 is 5.11 Å². The normalized spacial score (nSPS) is 10.7. The van der Waals surface area contributed by atoms with Crippen molar-refractivity contribution in [3.63, 3.8) is 0 Å². The van der Waals surface area contributed by atoms with E-state index in [4.69, 9.17) is 0 Å². The maximum absolute atomic E-state index is 12.8. The van der Waals surface area contributed by atoms with Gasteiger partial charge >= 0.3 is 5.97 Å². The minimum absolute atomic E-state index is 0.173. The van der Waals surface area contributed by atoms with Gasteiger partial charge in [-0.15, -0.1) is 11.7 Å². The highest BCUT2D eigenvalue weighted by atomic mass is 16.4. The molecule has 164 valence electrons. The van der Waals surface area contributed by atoms with Crippen LogP contribution in [0.1, 0.15) is 44.3 Å². The molecule has 0 aliphatic carbocycles. The smallest absolute Gasteiger partial charge is 0.336 e. The Bertz CT molecular complexity index is 1290. The van der Waals surface area contributed by atoms with Crippen molar-refractivity contribution in [3.05, 3.63) is 120 Å². The fourth-order valence-electron chi connectivity index (χ4n) is 3.62. The van der Waals surface area contributed by atoms with Gasteiger partial charge in [0.1, 0.15) is 5.82 Å². The maximum Gasteiger partial charge on any atom is 0.336 e. The van der Waals surface area contributed by atoms with Gasteiger partial charge in [-0.1, -0.05) is 78.9 Å². The highest BCUT2D eigenvalue weighted by Crippen LogP contribution is 2.24. The van der Waals surface area contributed by atoms with E-state index in [-0.39, 0.29) is 17.2 Å². The van der Waals surface area contributed by atoms with E-state index in [1.54, 1.807) is 35.0 Å². The van der Waals surface area contributed by atoms with Crippen molar-refractivity contribution in [2.45, 2.75) is 19.4 Å². The highest BCUT2D eigenvalue weighted by molar-refractivity contribution is 6.06. The van der Waals surface area contributed by atoms with Gasteiger partial charge in [0.2, 0.25) is 11.6 Å². The lowest BCUT2D eigenvalue weighted by molar-refractivity contribution is 0.0697. The summed E-state index contributed by atoms with van der Waals surface area (Å²) < 4.78 is 1.75. The van der Waals surface area contributed by atoms with Crippen LogP contribution >= 0.6 is 0 Å². The second kappa shape index (κ2) is 9.87. The van der Waals surface area contributed by atoms with Crippen molar-refractivity contribution in [2.24, 2.45) is 0 Å². The Balaban J connectivity index is 1.60. The Morgan fingerprint density at radius 2 is 1.64 bits per heavy atom. The number of aromatic carboxylic acids is 1. The van der Waals surface area contributed by atoms with Gasteiger partial charge in [0, 0.05) is 12.0 Å². The molecule has 3 aromatic carbocycles. The number of aryl methyl sites for hydroxylation is 1. The number of carboxylic acid groups (broad SMARTS) is 1. The van der Waals surface area contributed by atoms with E-state index in [0.717, 1.165) is 23.4 Å². The van der Waals surface area contributed by atoms with E-state index in [1.165, 1.54) is 0 Å². The molecular weight excluding hydrogens is 414 g/mol. The van der Waals surface area contributed by atoms with Crippen LogP contribution in [0.3, 0.4) is 0 Å². The van der Waals surface area contributed by atoms with Crippen LogP contribution < -0.4 is 0 Å². The van der Waals surface area contributed by atoms with Crippen LogP contribution in [0.25, 0.3) is 11.1 Å². The first kappa shape index (κ1) is 21.9.